The predicted octanol–water partition coefficient (Wildman–Crippen LogP) is 5.28. The van der Waals surface area contributed by atoms with Gasteiger partial charge in [0.2, 0.25) is 10.0 Å². The largest absolute Gasteiger partial charge is 0.312 e. The maximum Gasteiger partial charge on any atom is 0.279 e. The van der Waals surface area contributed by atoms with Crippen LogP contribution in [0, 0.1) is 6.92 Å². The molecule has 3 aromatic rings. The molecule has 2 aromatic carbocycles. The van der Waals surface area contributed by atoms with Gasteiger partial charge in [0.25, 0.3) is 5.91 Å². The Bertz CT molecular complexity index is 1360. The number of nitrogens with zero attached hydrogens (tertiary/aromatic N) is 3. The van der Waals surface area contributed by atoms with Crippen molar-refractivity contribution in [1.29, 1.82) is 0 Å². The monoisotopic (exact) mass is 497 g/mol. The minimum atomic E-state index is -3.61. The number of benzene rings is 2. The van der Waals surface area contributed by atoms with Gasteiger partial charge in [-0.1, -0.05) is 49.7 Å². The molecule has 1 aromatic heterocycles. The fourth-order valence-corrected chi connectivity index (χ4v) is 7.45. The van der Waals surface area contributed by atoms with Gasteiger partial charge >= 0.3 is 0 Å². The lowest BCUT2D eigenvalue weighted by Gasteiger charge is -2.32. The molecule has 1 heterocycles. The summed E-state index contributed by atoms with van der Waals surface area (Å²) in [7, 11) is -3.61. The molecular formula is C26H31N3O3S2. The number of aryl methyl sites for hydroxylation is 1. The fourth-order valence-electron chi connectivity index (χ4n) is 4.62. The van der Waals surface area contributed by atoms with Crippen molar-refractivity contribution in [2.45, 2.75) is 63.4 Å². The first kappa shape index (κ1) is 24.6. The molecule has 0 radical (unpaired) electrons. The smallest absolute Gasteiger partial charge is 0.279 e. The second-order valence-corrected chi connectivity index (χ2v) is 11.6. The average molecular weight is 498 g/mol. The van der Waals surface area contributed by atoms with Crippen LogP contribution in [-0.4, -0.2) is 35.8 Å². The molecule has 0 saturated heterocycles. The number of allylic oxidation sites excluding steroid dienone is 1. The normalized spacial score (nSPS) is 15.8. The van der Waals surface area contributed by atoms with Crippen molar-refractivity contribution in [2.24, 2.45) is 4.99 Å². The van der Waals surface area contributed by atoms with Gasteiger partial charge < -0.3 is 4.57 Å². The first-order valence-electron chi connectivity index (χ1n) is 11.8. The van der Waals surface area contributed by atoms with E-state index >= 15 is 0 Å². The average Bonchev–Trinajstić information content (AvgIpc) is 3.16. The summed E-state index contributed by atoms with van der Waals surface area (Å²) in [5, 5.41) is 0. The van der Waals surface area contributed by atoms with E-state index in [4.69, 9.17) is 0 Å². The third-order valence-corrected chi connectivity index (χ3v) is 9.43. The molecule has 180 valence electrons. The minimum absolute atomic E-state index is 0.0527. The first-order chi connectivity index (χ1) is 16.3. The van der Waals surface area contributed by atoms with Crippen LogP contribution in [0.4, 0.5) is 0 Å². The van der Waals surface area contributed by atoms with Crippen molar-refractivity contribution in [3.63, 3.8) is 0 Å². The summed E-state index contributed by atoms with van der Waals surface area (Å²) >= 11 is 1.46. The molecule has 0 spiro atoms. The Hall–Kier alpha value is -2.55. The SMILES string of the molecule is C=CCn1c(=NC(=O)c2ccc(S(=O)(=O)N(CC)C3CCCCC3)cc2)sc2cc(C)ccc21. The Morgan fingerprint density at radius 2 is 1.88 bits per heavy atom. The van der Waals surface area contributed by atoms with Gasteiger partial charge in [0.15, 0.2) is 4.80 Å². The van der Waals surface area contributed by atoms with Crippen molar-refractivity contribution in [3.8, 4) is 0 Å². The van der Waals surface area contributed by atoms with Gasteiger partial charge in [-0.15, -0.1) is 6.58 Å². The lowest BCUT2D eigenvalue weighted by atomic mass is 9.95. The van der Waals surface area contributed by atoms with Crippen LogP contribution in [0.2, 0.25) is 0 Å². The van der Waals surface area contributed by atoms with Gasteiger partial charge in [0.05, 0.1) is 15.1 Å². The molecule has 0 atom stereocenters. The number of aromatic nitrogens is 1. The van der Waals surface area contributed by atoms with Crippen LogP contribution in [0.5, 0.6) is 0 Å². The van der Waals surface area contributed by atoms with Crippen LogP contribution >= 0.6 is 11.3 Å². The van der Waals surface area contributed by atoms with E-state index in [1.807, 2.05) is 30.5 Å². The summed E-state index contributed by atoms with van der Waals surface area (Å²) in [6.45, 7) is 8.72. The summed E-state index contributed by atoms with van der Waals surface area (Å²) in [5.41, 5.74) is 2.51. The van der Waals surface area contributed by atoms with Gasteiger partial charge in [-0.05, 0) is 61.7 Å². The number of carbonyl (C=O) groups excluding carboxylic acids is 1. The van der Waals surface area contributed by atoms with Crippen LogP contribution in [0.3, 0.4) is 0 Å². The Kier molecular flexibility index (Phi) is 7.50. The van der Waals surface area contributed by atoms with E-state index in [1.165, 1.54) is 29.9 Å². The predicted molar refractivity (Wildman–Crippen MR) is 138 cm³/mol. The van der Waals surface area contributed by atoms with Crippen molar-refractivity contribution in [3.05, 3.63) is 71.0 Å². The molecule has 1 saturated carbocycles. The van der Waals surface area contributed by atoms with E-state index < -0.39 is 15.9 Å². The molecule has 1 aliphatic rings. The topological polar surface area (TPSA) is 71.7 Å². The van der Waals surface area contributed by atoms with Crippen molar-refractivity contribution in [2.75, 3.05) is 6.54 Å². The zero-order valence-electron chi connectivity index (χ0n) is 19.7. The van der Waals surface area contributed by atoms with Crippen LogP contribution in [0.1, 0.15) is 54.9 Å². The van der Waals surface area contributed by atoms with Gasteiger partial charge in [-0.3, -0.25) is 4.79 Å². The first-order valence-corrected chi connectivity index (χ1v) is 14.0. The molecular weight excluding hydrogens is 466 g/mol. The van der Waals surface area contributed by atoms with Crippen molar-refractivity contribution >= 4 is 37.5 Å². The molecule has 8 heteroatoms. The molecule has 1 fully saturated rings. The van der Waals surface area contributed by atoms with E-state index in [-0.39, 0.29) is 10.9 Å². The van der Waals surface area contributed by atoms with Gasteiger partial charge in [-0.2, -0.15) is 9.30 Å². The summed E-state index contributed by atoms with van der Waals surface area (Å²) < 4.78 is 31.2. The maximum absolute atomic E-state index is 13.3. The molecule has 34 heavy (non-hydrogen) atoms. The number of amides is 1. The van der Waals surface area contributed by atoms with E-state index in [0.717, 1.165) is 41.5 Å². The number of sulfonamides is 1. The fraction of sp³-hybridized carbons (Fsp3) is 0.385. The lowest BCUT2D eigenvalue weighted by Crippen LogP contribution is -2.41. The van der Waals surface area contributed by atoms with Crippen LogP contribution in [0.25, 0.3) is 10.2 Å². The zero-order chi connectivity index (χ0) is 24.3. The van der Waals surface area contributed by atoms with Crippen molar-refractivity contribution in [1.82, 2.24) is 8.87 Å². The summed E-state index contributed by atoms with van der Waals surface area (Å²) in [6.07, 6.45) is 6.88. The van der Waals surface area contributed by atoms with Crippen molar-refractivity contribution < 1.29 is 13.2 Å². The molecule has 0 unspecified atom stereocenters. The lowest BCUT2D eigenvalue weighted by molar-refractivity contribution is 0.0997. The van der Waals surface area contributed by atoms with E-state index in [9.17, 15) is 13.2 Å². The number of thiazole rings is 1. The number of carbonyl (C=O) groups is 1. The number of hydrogen-bond donors (Lipinski definition) is 0. The van der Waals surface area contributed by atoms with Crippen LogP contribution < -0.4 is 4.80 Å². The molecule has 1 aliphatic carbocycles. The van der Waals surface area contributed by atoms with Gasteiger partial charge in [0, 0.05) is 24.7 Å². The number of rotatable bonds is 7. The van der Waals surface area contributed by atoms with E-state index in [2.05, 4.69) is 17.6 Å². The molecule has 6 nitrogen and oxygen atoms in total. The van der Waals surface area contributed by atoms with E-state index in [0.29, 0.717) is 23.5 Å². The third-order valence-electron chi connectivity index (χ3n) is 6.35. The highest BCUT2D eigenvalue weighted by Gasteiger charge is 2.31. The third kappa shape index (κ3) is 4.94. The van der Waals surface area contributed by atoms with Crippen LogP contribution in [0.15, 0.2) is 65.0 Å². The molecule has 0 aliphatic heterocycles. The Balaban J connectivity index is 1.63. The molecule has 4 rings (SSSR count). The van der Waals surface area contributed by atoms with Gasteiger partial charge in [0.1, 0.15) is 0 Å². The summed E-state index contributed by atoms with van der Waals surface area (Å²) in [4.78, 5) is 18.1. The number of hydrogen-bond acceptors (Lipinski definition) is 4. The van der Waals surface area contributed by atoms with Crippen LogP contribution in [-0.2, 0) is 16.6 Å². The Morgan fingerprint density at radius 1 is 1.18 bits per heavy atom. The Labute approximate surface area is 205 Å². The highest BCUT2D eigenvalue weighted by Crippen LogP contribution is 2.28. The number of fused-ring (bicyclic) bond motifs is 1. The molecule has 0 bridgehead atoms. The maximum atomic E-state index is 13.3. The quantitative estimate of drug-likeness (QED) is 0.417. The van der Waals surface area contributed by atoms with Gasteiger partial charge in [-0.25, -0.2) is 8.42 Å². The summed E-state index contributed by atoms with van der Waals surface area (Å²) in [6, 6.07) is 12.4. The summed E-state index contributed by atoms with van der Waals surface area (Å²) in [5.74, 6) is -0.398. The second-order valence-electron chi connectivity index (χ2n) is 8.70. The Morgan fingerprint density at radius 3 is 2.53 bits per heavy atom. The standard InChI is InChI=1S/C26H31N3O3S2/c1-4-17-28-23-16-11-19(3)18-24(23)33-26(28)27-25(30)20-12-14-22(15-13-20)34(31,32)29(5-2)21-9-7-6-8-10-21/h4,11-16,18,21H,1,5-10,17H2,2-3H3. The zero-order valence-corrected chi connectivity index (χ0v) is 21.4. The molecule has 0 N–H and O–H groups in total. The van der Waals surface area contributed by atoms with E-state index in [1.54, 1.807) is 22.5 Å². The second kappa shape index (κ2) is 10.4. The highest BCUT2D eigenvalue weighted by molar-refractivity contribution is 7.89. The molecule has 1 amide bonds. The minimum Gasteiger partial charge on any atom is -0.312 e. The highest BCUT2D eigenvalue weighted by atomic mass is 32.2.